The van der Waals surface area contributed by atoms with Crippen molar-refractivity contribution in [2.75, 3.05) is 26.4 Å². The molecule has 0 aromatic rings. The Morgan fingerprint density at radius 3 is 0.945 bits per heavy atom. The van der Waals surface area contributed by atoms with Gasteiger partial charge in [0, 0.05) is 0 Å². The van der Waals surface area contributed by atoms with Gasteiger partial charge in [0.15, 0.2) is 0 Å². The Morgan fingerprint density at radius 1 is 0.455 bits per heavy atom. The fourth-order valence-corrected chi connectivity index (χ4v) is 11.0. The standard InChI is InChI=1S/C34H71O16P4.Ti/c1-5-9-13-17-21-25-29-43-51(37,38)49-53(41,45-31-27-23-19-15-11-7-3)47-34(36,33-35)48-54(42,46-32-28-24-20-16-12-8-4)50-52(39,40)44-30-26-22-18-14-10-6-2;/h36H,5-32H2,1-4H3,(H,37,38)(H,39,40);. The van der Waals surface area contributed by atoms with Gasteiger partial charge in [0.25, 0.3) is 0 Å². The summed E-state index contributed by atoms with van der Waals surface area (Å²) in [7, 11) is -21.5. The summed E-state index contributed by atoms with van der Waals surface area (Å²) in [4.78, 5) is 33.8. The van der Waals surface area contributed by atoms with Gasteiger partial charge in [0.1, 0.15) is 0 Å². The average Bonchev–Trinajstić information content (AvgIpc) is 3.09. The third-order valence-electron chi connectivity index (χ3n) is 8.16. The molecule has 0 fully saturated rings. The number of aliphatic hydroxyl groups is 1. The van der Waals surface area contributed by atoms with Crippen molar-refractivity contribution in [3.8, 4) is 0 Å². The summed E-state index contributed by atoms with van der Waals surface area (Å²) >= 11 is 0.678. The predicted octanol–water partition coefficient (Wildman–Crippen LogP) is 11.7. The zero-order chi connectivity index (χ0) is 41.5. The van der Waals surface area contributed by atoms with E-state index in [-0.39, 0.29) is 39.3 Å². The number of hydrogen-bond donors (Lipinski definition) is 3. The Balaban J connectivity index is 6.15. The van der Waals surface area contributed by atoms with E-state index in [4.69, 9.17) is 35.8 Å². The first-order valence-electron chi connectivity index (χ1n) is 20.3. The SMILES string of the molecule is CCCCCCCCOP(=O)(O)OP(=O)(OCCCCCCCC)OC(O)(OP(=O)(OCCCCCCCC)OP(=O)(O)OCCCCCCCC)[C](=O)[Ti]. The summed E-state index contributed by atoms with van der Waals surface area (Å²) < 4.78 is 92.4. The third kappa shape index (κ3) is 30.5. The zero-order valence-electron chi connectivity index (χ0n) is 33.7. The molecule has 0 spiro atoms. The van der Waals surface area contributed by atoms with Crippen molar-refractivity contribution in [1.29, 1.82) is 0 Å². The van der Waals surface area contributed by atoms with Crippen LogP contribution in [-0.4, -0.2) is 51.4 Å². The molecule has 0 aliphatic heterocycles. The molecule has 0 bridgehead atoms. The average molecular weight is 908 g/mol. The number of carbonyl (C=O) groups is 1. The first kappa shape index (κ1) is 55.9. The van der Waals surface area contributed by atoms with E-state index >= 15 is 0 Å². The second kappa shape index (κ2) is 32.6. The molecule has 0 aliphatic rings. The van der Waals surface area contributed by atoms with Gasteiger partial charge in [0.2, 0.25) is 0 Å². The molecule has 4 unspecified atom stereocenters. The molecule has 0 aromatic carbocycles. The molecule has 55 heavy (non-hydrogen) atoms. The molecule has 327 valence electrons. The zero-order valence-corrected chi connectivity index (χ0v) is 38.9. The second-order valence-electron chi connectivity index (χ2n) is 13.5. The van der Waals surface area contributed by atoms with E-state index < -0.39 is 41.4 Å². The fourth-order valence-electron chi connectivity index (χ4n) is 5.08. The molecular weight excluding hydrogens is 836 g/mol. The van der Waals surface area contributed by atoms with Crippen LogP contribution < -0.4 is 0 Å². The van der Waals surface area contributed by atoms with Gasteiger partial charge in [-0.25, -0.2) is 0 Å². The van der Waals surface area contributed by atoms with Crippen LogP contribution in [0.3, 0.4) is 0 Å². The summed E-state index contributed by atoms with van der Waals surface area (Å²) in [5, 5.41) is 11.3. The van der Waals surface area contributed by atoms with Crippen LogP contribution in [0.1, 0.15) is 182 Å². The van der Waals surface area contributed by atoms with Crippen LogP contribution in [0.5, 0.6) is 0 Å². The molecule has 0 heterocycles. The second-order valence-corrected chi connectivity index (χ2v) is 20.6. The van der Waals surface area contributed by atoms with Crippen LogP contribution in [0, 0.1) is 0 Å². The predicted molar refractivity (Wildman–Crippen MR) is 206 cm³/mol. The van der Waals surface area contributed by atoms with E-state index in [9.17, 15) is 37.9 Å². The summed E-state index contributed by atoms with van der Waals surface area (Å²) in [6.07, 6.45) is 19.3. The summed E-state index contributed by atoms with van der Waals surface area (Å²) in [5.41, 5.74) is 0. The number of carbonyl (C=O) groups excluding carboxylic acids is 1. The van der Waals surface area contributed by atoms with Gasteiger partial charge in [0.05, 0.1) is 0 Å². The van der Waals surface area contributed by atoms with Crippen molar-refractivity contribution >= 4 is 35.4 Å². The van der Waals surface area contributed by atoms with Crippen molar-refractivity contribution < 1.29 is 94.1 Å². The first-order valence-corrected chi connectivity index (χ1v) is 27.0. The molecule has 4 atom stereocenters. The van der Waals surface area contributed by atoms with Crippen LogP contribution in [0.25, 0.3) is 0 Å². The van der Waals surface area contributed by atoms with Crippen LogP contribution in [0.15, 0.2) is 0 Å². The van der Waals surface area contributed by atoms with Crippen molar-refractivity contribution in [2.45, 2.75) is 188 Å². The summed E-state index contributed by atoms with van der Waals surface area (Å²) in [5.74, 6) is -3.87. The Labute approximate surface area is 342 Å². The van der Waals surface area contributed by atoms with Crippen LogP contribution in [0.2, 0.25) is 0 Å². The number of unbranched alkanes of at least 4 members (excludes halogenated alkanes) is 20. The molecule has 0 saturated heterocycles. The van der Waals surface area contributed by atoms with Crippen LogP contribution >= 0.6 is 31.3 Å². The molecule has 0 aromatic heterocycles. The molecular formula is C34H71O16P4Ti. The Bertz CT molecular complexity index is 1100. The maximum atomic E-state index is 13.9. The third-order valence-corrected chi connectivity index (χ3v) is 14.9. The Hall–Kier alpha value is 0.864. The topological polar surface area (TPSA) is 220 Å². The first-order chi connectivity index (χ1) is 26.0. The molecule has 0 radical (unpaired) electrons. The molecule has 16 nitrogen and oxygen atoms in total. The molecule has 21 heteroatoms. The minimum absolute atomic E-state index is 0.259. The molecule has 0 aliphatic carbocycles. The number of hydrogen-bond acceptors (Lipinski definition) is 14. The van der Waals surface area contributed by atoms with Gasteiger partial charge in [-0.2, -0.15) is 0 Å². The van der Waals surface area contributed by atoms with Gasteiger partial charge in [-0.1, -0.05) is 53.4 Å². The van der Waals surface area contributed by atoms with Crippen molar-refractivity contribution in [1.82, 2.24) is 0 Å². The fraction of sp³-hybridized carbons (Fsp3) is 0.971. The van der Waals surface area contributed by atoms with Crippen LogP contribution in [0.4, 0.5) is 0 Å². The van der Waals surface area contributed by atoms with E-state index in [0.29, 0.717) is 59.0 Å². The van der Waals surface area contributed by atoms with Gasteiger partial charge in [-0.3, -0.25) is 0 Å². The van der Waals surface area contributed by atoms with Crippen molar-refractivity contribution in [3.63, 3.8) is 0 Å². The molecule has 0 amide bonds. The van der Waals surface area contributed by atoms with Crippen LogP contribution in [-0.2, 0) is 79.3 Å². The summed E-state index contributed by atoms with van der Waals surface area (Å²) in [6, 6.07) is 0. The van der Waals surface area contributed by atoms with Gasteiger partial charge >= 0.3 is 290 Å². The van der Waals surface area contributed by atoms with Crippen molar-refractivity contribution in [2.24, 2.45) is 0 Å². The monoisotopic (exact) mass is 907 g/mol. The number of phosphoric acid groups is 4. The Morgan fingerprint density at radius 2 is 0.691 bits per heavy atom. The quantitative estimate of drug-likeness (QED) is 0.0225. The summed E-state index contributed by atoms with van der Waals surface area (Å²) in [6.45, 7) is 6.98. The van der Waals surface area contributed by atoms with Gasteiger partial charge in [-0.05, 0) is 0 Å². The minimum atomic E-state index is -5.50. The van der Waals surface area contributed by atoms with E-state index in [1.54, 1.807) is 0 Å². The molecule has 0 saturated carbocycles. The van der Waals surface area contributed by atoms with Crippen molar-refractivity contribution in [3.05, 3.63) is 0 Å². The Kier molecular flexibility index (Phi) is 33.1. The van der Waals surface area contributed by atoms with Gasteiger partial charge < -0.3 is 0 Å². The van der Waals surface area contributed by atoms with Gasteiger partial charge in [-0.15, -0.1) is 0 Å². The maximum absolute atomic E-state index is 13.9. The van der Waals surface area contributed by atoms with E-state index in [1.165, 1.54) is 0 Å². The van der Waals surface area contributed by atoms with E-state index in [1.807, 2.05) is 0 Å². The molecule has 3 N–H and O–H groups in total. The number of phosphoric ester groups is 4. The van der Waals surface area contributed by atoms with E-state index in [2.05, 4.69) is 27.7 Å². The molecule has 0 rings (SSSR count). The van der Waals surface area contributed by atoms with E-state index in [0.717, 1.165) is 103 Å². The number of rotatable bonds is 41. The normalized spacial score (nSPS) is 17.5.